The summed E-state index contributed by atoms with van der Waals surface area (Å²) in [5.74, 6) is 1.27. The van der Waals surface area contributed by atoms with Crippen molar-refractivity contribution in [1.82, 2.24) is 9.97 Å². The van der Waals surface area contributed by atoms with Gasteiger partial charge in [0.05, 0.1) is 9.75 Å². The van der Waals surface area contributed by atoms with Gasteiger partial charge in [-0.2, -0.15) is 0 Å². The van der Waals surface area contributed by atoms with Crippen LogP contribution in [0, 0.1) is 27.7 Å². The van der Waals surface area contributed by atoms with Gasteiger partial charge in [0.1, 0.15) is 11.0 Å². The second-order valence-electron chi connectivity index (χ2n) is 7.01. The Morgan fingerprint density at radius 3 is 1.48 bits per heavy atom. The molecule has 2 aromatic carbocycles. The summed E-state index contributed by atoms with van der Waals surface area (Å²) in [4.78, 5) is 11.2. The summed E-state index contributed by atoms with van der Waals surface area (Å²) in [6, 6.07) is 12.2. The van der Waals surface area contributed by atoms with Crippen LogP contribution in [0.1, 0.15) is 22.3 Å². The minimum Gasteiger partial charge on any atom is -0.435 e. The second kappa shape index (κ2) is 5.79. The molecule has 0 aliphatic carbocycles. The van der Waals surface area contributed by atoms with Gasteiger partial charge in [-0.15, -0.1) is 11.3 Å². The van der Waals surface area contributed by atoms with Gasteiger partial charge in [-0.3, -0.25) is 0 Å². The molecule has 0 unspecified atom stereocenters. The van der Waals surface area contributed by atoms with E-state index < -0.39 is 0 Å². The van der Waals surface area contributed by atoms with Gasteiger partial charge in [0.15, 0.2) is 11.2 Å². The predicted molar refractivity (Wildman–Crippen MR) is 109 cm³/mol. The quantitative estimate of drug-likeness (QED) is 0.349. The van der Waals surface area contributed by atoms with E-state index in [1.165, 1.54) is 22.3 Å². The van der Waals surface area contributed by atoms with E-state index in [2.05, 4.69) is 49.8 Å². The van der Waals surface area contributed by atoms with Crippen LogP contribution in [0.4, 0.5) is 0 Å². The lowest BCUT2D eigenvalue weighted by Crippen LogP contribution is -1.79. The van der Waals surface area contributed by atoms with Gasteiger partial charge in [-0.25, -0.2) is 9.97 Å². The van der Waals surface area contributed by atoms with Gasteiger partial charge in [0, 0.05) is 0 Å². The molecule has 0 saturated carbocycles. The zero-order chi connectivity index (χ0) is 18.7. The maximum atomic E-state index is 5.98. The fourth-order valence-electron chi connectivity index (χ4n) is 3.14. The molecule has 5 rings (SSSR count). The zero-order valence-electron chi connectivity index (χ0n) is 15.6. The van der Waals surface area contributed by atoms with Crippen LogP contribution >= 0.6 is 11.3 Å². The molecule has 0 aliphatic rings. The van der Waals surface area contributed by atoms with Gasteiger partial charge in [0.25, 0.3) is 0 Å². The van der Waals surface area contributed by atoms with Crippen molar-refractivity contribution in [3.63, 3.8) is 0 Å². The molecule has 0 radical (unpaired) electrons. The summed E-state index contributed by atoms with van der Waals surface area (Å²) in [6.07, 6.45) is 0. The summed E-state index contributed by atoms with van der Waals surface area (Å²) in [6.45, 7) is 8.33. The maximum absolute atomic E-state index is 5.98. The first-order valence-electron chi connectivity index (χ1n) is 8.84. The van der Waals surface area contributed by atoms with Crippen LogP contribution in [0.3, 0.4) is 0 Å². The molecule has 0 fully saturated rings. The van der Waals surface area contributed by atoms with Crippen molar-refractivity contribution >= 4 is 33.5 Å². The van der Waals surface area contributed by atoms with E-state index >= 15 is 0 Å². The van der Waals surface area contributed by atoms with Gasteiger partial charge in [0.2, 0.25) is 11.8 Å². The number of nitrogens with zero attached hydrogens (tertiary/aromatic N) is 2. The minimum atomic E-state index is 0.633. The number of benzene rings is 2. The van der Waals surface area contributed by atoms with Crippen LogP contribution in [-0.4, -0.2) is 9.97 Å². The predicted octanol–water partition coefficient (Wildman–Crippen LogP) is 6.60. The molecule has 4 nitrogen and oxygen atoms in total. The van der Waals surface area contributed by atoms with Gasteiger partial charge in [-0.05, 0) is 86.3 Å². The normalized spacial score (nSPS) is 11.7. The van der Waals surface area contributed by atoms with Crippen molar-refractivity contribution in [3.8, 4) is 21.5 Å². The van der Waals surface area contributed by atoms with Crippen molar-refractivity contribution < 1.29 is 8.83 Å². The molecule has 5 aromatic rings. The number of oxazole rings is 2. The Kier molecular flexibility index (Phi) is 3.49. The van der Waals surface area contributed by atoms with Crippen molar-refractivity contribution in [2.75, 3.05) is 0 Å². The van der Waals surface area contributed by atoms with Crippen molar-refractivity contribution in [3.05, 3.63) is 58.7 Å². The van der Waals surface area contributed by atoms with Crippen LogP contribution in [-0.2, 0) is 0 Å². The van der Waals surface area contributed by atoms with Crippen molar-refractivity contribution in [1.29, 1.82) is 0 Å². The number of rotatable bonds is 2. The number of fused-ring (bicyclic) bond motifs is 2. The van der Waals surface area contributed by atoms with Crippen LogP contribution in [0.25, 0.3) is 43.7 Å². The molecule has 0 atom stereocenters. The van der Waals surface area contributed by atoms with Gasteiger partial charge >= 0.3 is 0 Å². The Labute approximate surface area is 160 Å². The standard InChI is InChI=1S/C22H18N2O2S/c1-11-7-15-17(9-13(11)3)25-21(23-15)19-5-6-20(27-19)22-24-16-8-12(2)14(4)10-18(16)26-22/h5-10H,1-4H3. The van der Waals surface area contributed by atoms with Gasteiger partial charge < -0.3 is 8.83 Å². The largest absolute Gasteiger partial charge is 0.435 e. The molecule has 27 heavy (non-hydrogen) atoms. The Hall–Kier alpha value is -2.92. The SMILES string of the molecule is Cc1cc2nc(-c3ccc(-c4nc5cc(C)c(C)cc5o4)s3)oc2cc1C. The number of thiophene rings is 1. The second-order valence-corrected chi connectivity index (χ2v) is 8.09. The number of aromatic nitrogens is 2. The molecule has 0 saturated heterocycles. The molecule has 0 spiro atoms. The average Bonchev–Trinajstić information content (AvgIpc) is 3.33. The van der Waals surface area contributed by atoms with Crippen molar-refractivity contribution in [2.24, 2.45) is 0 Å². The van der Waals surface area contributed by atoms with E-state index in [4.69, 9.17) is 8.83 Å². The highest BCUT2D eigenvalue weighted by Gasteiger charge is 2.16. The van der Waals surface area contributed by atoms with E-state index in [9.17, 15) is 0 Å². The zero-order valence-corrected chi connectivity index (χ0v) is 16.4. The monoisotopic (exact) mass is 374 g/mol. The topological polar surface area (TPSA) is 52.1 Å². The number of hydrogen-bond acceptors (Lipinski definition) is 5. The summed E-state index contributed by atoms with van der Waals surface area (Å²) in [5, 5.41) is 0. The highest BCUT2D eigenvalue weighted by Crippen LogP contribution is 2.36. The van der Waals surface area contributed by atoms with Crippen LogP contribution in [0.5, 0.6) is 0 Å². The van der Waals surface area contributed by atoms with E-state index in [1.807, 2.05) is 24.3 Å². The third-order valence-electron chi connectivity index (χ3n) is 5.04. The van der Waals surface area contributed by atoms with E-state index in [-0.39, 0.29) is 0 Å². The van der Waals surface area contributed by atoms with E-state index in [0.29, 0.717) is 11.8 Å². The average molecular weight is 374 g/mol. The smallest absolute Gasteiger partial charge is 0.237 e. The summed E-state index contributed by atoms with van der Waals surface area (Å²) in [5.41, 5.74) is 8.24. The lowest BCUT2D eigenvalue weighted by molar-refractivity contribution is 0.621. The maximum Gasteiger partial charge on any atom is 0.237 e. The third-order valence-corrected chi connectivity index (χ3v) is 6.10. The first kappa shape index (κ1) is 16.3. The Bertz CT molecular complexity index is 1140. The Morgan fingerprint density at radius 2 is 1.04 bits per heavy atom. The summed E-state index contributed by atoms with van der Waals surface area (Å²) >= 11 is 1.57. The molecule has 0 bridgehead atoms. The van der Waals surface area contributed by atoms with Crippen LogP contribution < -0.4 is 0 Å². The third kappa shape index (κ3) is 2.66. The Balaban J connectivity index is 1.56. The summed E-state index contributed by atoms with van der Waals surface area (Å²) < 4.78 is 12.0. The molecule has 0 aliphatic heterocycles. The number of hydrogen-bond donors (Lipinski definition) is 0. The first-order chi connectivity index (χ1) is 13.0. The lowest BCUT2D eigenvalue weighted by Gasteiger charge is -1.96. The molecule has 3 aromatic heterocycles. The highest BCUT2D eigenvalue weighted by atomic mass is 32.1. The fourth-order valence-corrected chi connectivity index (χ4v) is 4.00. The molecule has 0 amide bonds. The minimum absolute atomic E-state index is 0.633. The van der Waals surface area contributed by atoms with Gasteiger partial charge in [-0.1, -0.05) is 0 Å². The molecular weight excluding hydrogens is 356 g/mol. The molecule has 134 valence electrons. The highest BCUT2D eigenvalue weighted by molar-refractivity contribution is 7.18. The fraction of sp³-hybridized carbons (Fsp3) is 0.182. The molecule has 0 N–H and O–H groups in total. The Morgan fingerprint density at radius 1 is 0.630 bits per heavy atom. The first-order valence-corrected chi connectivity index (χ1v) is 9.66. The number of aryl methyl sites for hydroxylation is 4. The molecular formula is C22H18N2O2S. The van der Waals surface area contributed by atoms with Crippen LogP contribution in [0.15, 0.2) is 45.2 Å². The van der Waals surface area contributed by atoms with Crippen molar-refractivity contribution in [2.45, 2.75) is 27.7 Å². The molecule has 5 heteroatoms. The molecule has 3 heterocycles. The van der Waals surface area contributed by atoms with E-state index in [1.54, 1.807) is 11.3 Å². The summed E-state index contributed by atoms with van der Waals surface area (Å²) in [7, 11) is 0. The lowest BCUT2D eigenvalue weighted by atomic mass is 10.1. The van der Waals surface area contributed by atoms with Crippen LogP contribution in [0.2, 0.25) is 0 Å². The van der Waals surface area contributed by atoms with E-state index in [0.717, 1.165) is 32.0 Å².